The van der Waals surface area contributed by atoms with Gasteiger partial charge in [0.05, 0.1) is 12.0 Å². The van der Waals surface area contributed by atoms with Gasteiger partial charge < -0.3 is 30.5 Å². The number of carboxylic acid groups (broad SMARTS) is 1. The Morgan fingerprint density at radius 1 is 1.06 bits per heavy atom. The number of hydrogen-bond donors (Lipinski definition) is 4. The fourth-order valence-corrected chi connectivity index (χ4v) is 7.49. The third kappa shape index (κ3) is 12.1. The monoisotopic (exact) mass is 743 g/mol. The topological polar surface area (TPSA) is 178 Å². The molecule has 1 aliphatic rings. The predicted octanol–water partition coefficient (Wildman–Crippen LogP) is 4.41. The average Bonchev–Trinajstić information content (AvgIpc) is 3.60. The van der Waals surface area contributed by atoms with Crippen molar-refractivity contribution >= 4 is 41.0 Å². The zero-order valence-electron chi connectivity index (χ0n) is 31.5. The maximum absolute atomic E-state index is 14.2. The third-order valence-corrected chi connectivity index (χ3v) is 10.9. The van der Waals surface area contributed by atoms with Gasteiger partial charge in [0, 0.05) is 30.8 Å². The number of piperidine rings is 1. The van der Waals surface area contributed by atoms with Crippen LogP contribution in [0.2, 0.25) is 0 Å². The molecule has 1 fully saturated rings. The zero-order chi connectivity index (χ0) is 38.5. The van der Waals surface area contributed by atoms with Gasteiger partial charge in [-0.05, 0) is 56.7 Å². The SMILES string of the molecule is CC[C@H](C)[C@H](NC(=O)[C@H]1CCCCN1C)C(=O)N(CO)[C@H](C[C@H](OC(C)=O)c1nc(C(=O)N[C@@H](Cc2ccccc2)C[C@H](C)C(=O)O)cs1)C(C)C. The second-order valence-corrected chi connectivity index (χ2v) is 15.3. The molecule has 0 saturated carbocycles. The van der Waals surface area contributed by atoms with Crippen molar-refractivity contribution in [1.29, 1.82) is 0 Å². The lowest BCUT2D eigenvalue weighted by atomic mass is 9.92. The molecule has 1 aromatic carbocycles. The second kappa shape index (κ2) is 20.4. The van der Waals surface area contributed by atoms with E-state index in [0.717, 1.165) is 36.3 Å². The first-order valence-electron chi connectivity index (χ1n) is 18.3. The number of nitrogens with one attached hydrogen (secondary N) is 2. The first-order valence-corrected chi connectivity index (χ1v) is 19.2. The van der Waals surface area contributed by atoms with Crippen molar-refractivity contribution in [3.63, 3.8) is 0 Å². The Morgan fingerprint density at radius 3 is 2.33 bits per heavy atom. The maximum Gasteiger partial charge on any atom is 0.306 e. The summed E-state index contributed by atoms with van der Waals surface area (Å²) in [6, 6.07) is 7.13. The number of thiazole rings is 1. The minimum Gasteiger partial charge on any atom is -0.481 e. The van der Waals surface area contributed by atoms with Crippen LogP contribution in [0.15, 0.2) is 35.7 Å². The molecule has 1 aliphatic heterocycles. The molecule has 3 rings (SSSR count). The van der Waals surface area contributed by atoms with Gasteiger partial charge in [0.25, 0.3) is 5.91 Å². The van der Waals surface area contributed by atoms with Crippen LogP contribution >= 0.6 is 11.3 Å². The molecule has 0 aliphatic carbocycles. The van der Waals surface area contributed by atoms with Gasteiger partial charge in [-0.15, -0.1) is 11.3 Å². The molecule has 1 saturated heterocycles. The summed E-state index contributed by atoms with van der Waals surface area (Å²) in [5.74, 6) is -3.80. The van der Waals surface area contributed by atoms with E-state index in [4.69, 9.17) is 4.74 Å². The van der Waals surface area contributed by atoms with Gasteiger partial charge in [0.15, 0.2) is 6.10 Å². The standard InChI is InChI=1S/C38H57N5O8S/c1-8-24(4)33(41-35(47)30-16-12-13-17-42(30)7)37(48)43(22-44)31(23(2)3)20-32(51-26(6)45)36-40-29(21-52-36)34(46)39-28(18-25(5)38(49)50)19-27-14-10-9-11-15-27/h9-11,14-15,21,23-25,28,30-33,44H,8,12-13,16-20,22H2,1-7H3,(H,39,46)(H,41,47)(H,49,50)/t24-,25-,28+,30+,31+,32-,33-/m0/s1. The molecular formula is C38H57N5O8S. The van der Waals surface area contributed by atoms with Crippen LogP contribution in [-0.4, -0.2) is 99.1 Å². The van der Waals surface area contributed by atoms with E-state index in [9.17, 15) is 34.2 Å². The zero-order valence-corrected chi connectivity index (χ0v) is 32.4. The van der Waals surface area contributed by atoms with Crippen LogP contribution in [-0.2, 0) is 30.3 Å². The van der Waals surface area contributed by atoms with Crippen molar-refractivity contribution in [2.75, 3.05) is 20.3 Å². The fraction of sp³-hybridized carbons (Fsp3) is 0.632. The number of carboxylic acids is 1. The van der Waals surface area contributed by atoms with Crippen molar-refractivity contribution in [2.45, 2.75) is 117 Å². The Labute approximate surface area is 311 Å². The first kappa shape index (κ1) is 42.5. The van der Waals surface area contributed by atoms with Gasteiger partial charge in [-0.25, -0.2) is 4.98 Å². The van der Waals surface area contributed by atoms with Crippen LogP contribution in [0.5, 0.6) is 0 Å². The quantitative estimate of drug-likeness (QED) is 0.119. The molecule has 1 aromatic heterocycles. The second-order valence-electron chi connectivity index (χ2n) is 14.4. The molecule has 13 nitrogen and oxygen atoms in total. The van der Waals surface area contributed by atoms with Crippen molar-refractivity contribution in [2.24, 2.45) is 17.8 Å². The van der Waals surface area contributed by atoms with E-state index < -0.39 is 60.6 Å². The highest BCUT2D eigenvalue weighted by atomic mass is 32.1. The molecule has 0 bridgehead atoms. The number of aliphatic hydroxyl groups excluding tert-OH is 1. The van der Waals surface area contributed by atoms with Crippen LogP contribution in [0, 0.1) is 17.8 Å². The summed E-state index contributed by atoms with van der Waals surface area (Å²) in [6.07, 6.45) is 3.03. The minimum absolute atomic E-state index is 0.0808. The molecule has 288 valence electrons. The van der Waals surface area contributed by atoms with E-state index in [1.165, 1.54) is 11.8 Å². The van der Waals surface area contributed by atoms with E-state index >= 15 is 0 Å². The Hall–Kier alpha value is -3.88. The van der Waals surface area contributed by atoms with Gasteiger partial charge in [-0.2, -0.15) is 0 Å². The highest BCUT2D eigenvalue weighted by Gasteiger charge is 2.38. The Morgan fingerprint density at radius 2 is 1.75 bits per heavy atom. The van der Waals surface area contributed by atoms with Crippen molar-refractivity contribution in [3.05, 3.63) is 52.0 Å². The molecule has 4 N–H and O–H groups in total. The molecule has 2 heterocycles. The number of hydrogen-bond acceptors (Lipinski definition) is 10. The molecule has 0 spiro atoms. The van der Waals surface area contributed by atoms with E-state index in [-0.39, 0.29) is 42.3 Å². The Balaban J connectivity index is 1.84. The average molecular weight is 744 g/mol. The van der Waals surface area contributed by atoms with Gasteiger partial charge in [-0.3, -0.25) is 28.9 Å². The summed E-state index contributed by atoms with van der Waals surface area (Å²) >= 11 is 1.13. The number of nitrogens with zero attached hydrogens (tertiary/aromatic N) is 3. The number of aromatic nitrogens is 1. The van der Waals surface area contributed by atoms with E-state index in [1.807, 2.05) is 70.0 Å². The van der Waals surface area contributed by atoms with Crippen LogP contribution in [0.25, 0.3) is 0 Å². The predicted molar refractivity (Wildman–Crippen MR) is 198 cm³/mol. The lowest BCUT2D eigenvalue weighted by molar-refractivity contribution is -0.151. The summed E-state index contributed by atoms with van der Waals surface area (Å²) < 4.78 is 5.73. The molecule has 3 amide bonds. The van der Waals surface area contributed by atoms with Gasteiger partial charge in [0.2, 0.25) is 11.8 Å². The molecular weight excluding hydrogens is 687 g/mol. The number of amides is 3. The molecule has 0 radical (unpaired) electrons. The molecule has 14 heteroatoms. The fourth-order valence-electron chi connectivity index (χ4n) is 6.65. The van der Waals surface area contributed by atoms with Crippen molar-refractivity contribution < 1.29 is 38.9 Å². The highest BCUT2D eigenvalue weighted by Crippen LogP contribution is 2.31. The van der Waals surface area contributed by atoms with Crippen LogP contribution in [0.3, 0.4) is 0 Å². The number of likely N-dealkylation sites (N-methyl/N-ethyl adjacent to an activating group) is 1. The van der Waals surface area contributed by atoms with Crippen LogP contribution in [0.4, 0.5) is 0 Å². The van der Waals surface area contributed by atoms with Gasteiger partial charge in [-0.1, -0.05) is 77.8 Å². The van der Waals surface area contributed by atoms with Crippen LogP contribution < -0.4 is 10.6 Å². The molecule has 0 unspecified atom stereocenters. The molecule has 52 heavy (non-hydrogen) atoms. The lowest BCUT2D eigenvalue weighted by Crippen LogP contribution is -2.59. The summed E-state index contributed by atoms with van der Waals surface area (Å²) in [7, 11) is 1.91. The number of carbonyl (C=O) groups is 5. The lowest BCUT2D eigenvalue weighted by Gasteiger charge is -2.39. The van der Waals surface area contributed by atoms with Crippen molar-refractivity contribution in [3.8, 4) is 0 Å². The van der Waals surface area contributed by atoms with Crippen LogP contribution in [0.1, 0.15) is 107 Å². The van der Waals surface area contributed by atoms with E-state index in [0.29, 0.717) is 24.3 Å². The third-order valence-electron chi connectivity index (χ3n) is 9.97. The van der Waals surface area contributed by atoms with Gasteiger partial charge >= 0.3 is 11.9 Å². The van der Waals surface area contributed by atoms with Crippen molar-refractivity contribution in [1.82, 2.24) is 25.4 Å². The van der Waals surface area contributed by atoms with Gasteiger partial charge in [0.1, 0.15) is 23.5 Å². The number of ether oxygens (including phenoxy) is 1. The number of aliphatic carboxylic acids is 1. The smallest absolute Gasteiger partial charge is 0.306 e. The number of carbonyl (C=O) groups excluding carboxylic acids is 4. The van der Waals surface area contributed by atoms with E-state index in [1.54, 1.807) is 12.3 Å². The summed E-state index contributed by atoms with van der Waals surface area (Å²) in [5.41, 5.74) is 1.03. The normalized spacial score (nSPS) is 18.4. The number of aliphatic hydroxyl groups is 1. The summed E-state index contributed by atoms with van der Waals surface area (Å²) in [4.78, 5) is 73.0. The number of rotatable bonds is 19. The largest absolute Gasteiger partial charge is 0.481 e. The number of benzene rings is 1. The highest BCUT2D eigenvalue weighted by molar-refractivity contribution is 7.09. The maximum atomic E-state index is 14.2. The Bertz CT molecular complexity index is 1490. The minimum atomic E-state index is -0.961. The van der Waals surface area contributed by atoms with E-state index in [2.05, 4.69) is 15.6 Å². The first-order chi connectivity index (χ1) is 24.7. The molecule has 7 atom stereocenters. The Kier molecular flexibility index (Phi) is 16.7. The summed E-state index contributed by atoms with van der Waals surface area (Å²) in [5, 5.41) is 28.0. The molecule has 2 aromatic rings. The summed E-state index contributed by atoms with van der Waals surface area (Å²) in [6.45, 7) is 10.7. The number of esters is 1. The number of likely N-dealkylation sites (tertiary alicyclic amines) is 1.